The van der Waals surface area contributed by atoms with Gasteiger partial charge >= 0.3 is 0 Å². The summed E-state index contributed by atoms with van der Waals surface area (Å²) in [5.41, 5.74) is 5.59. The smallest absolute Gasteiger partial charge is 0.222 e. The monoisotopic (exact) mass is 164 g/mol. The Labute approximate surface area is 67.0 Å². The zero-order valence-electron chi connectivity index (χ0n) is 6.04. The van der Waals surface area contributed by atoms with E-state index >= 15 is 0 Å². The molecule has 1 unspecified atom stereocenters. The van der Waals surface area contributed by atoms with Gasteiger partial charge in [0.1, 0.15) is 0 Å². The van der Waals surface area contributed by atoms with Crippen LogP contribution in [0.25, 0.3) is 0 Å². The average Bonchev–Trinajstić information content (AvgIpc) is 1.80. The molecule has 0 bridgehead atoms. The van der Waals surface area contributed by atoms with Crippen molar-refractivity contribution in [3.05, 3.63) is 0 Å². The van der Waals surface area contributed by atoms with Gasteiger partial charge in [0.15, 0.2) is 0 Å². The number of likely N-dealkylation sites (tertiary alicyclic amines) is 1. The van der Waals surface area contributed by atoms with Crippen LogP contribution in [-0.4, -0.2) is 30.4 Å². The van der Waals surface area contributed by atoms with E-state index in [1.54, 1.807) is 11.9 Å². The quantitative estimate of drug-likeness (QED) is 0.548. The van der Waals surface area contributed by atoms with E-state index in [-0.39, 0.29) is 24.4 Å². The predicted octanol–water partition coefficient (Wildman–Crippen LogP) is -0.0123. The molecule has 1 saturated heterocycles. The summed E-state index contributed by atoms with van der Waals surface area (Å²) in [4.78, 5) is 12.5. The average molecular weight is 165 g/mol. The van der Waals surface area contributed by atoms with Gasteiger partial charge in [-0.15, -0.1) is 12.4 Å². The van der Waals surface area contributed by atoms with Gasteiger partial charge in [0.05, 0.1) is 0 Å². The second-order valence-corrected chi connectivity index (χ2v) is 2.57. The Hall–Kier alpha value is -0.280. The molecule has 10 heavy (non-hydrogen) atoms. The maximum Gasteiger partial charge on any atom is 0.222 e. The summed E-state index contributed by atoms with van der Waals surface area (Å²) in [6.45, 7) is 0.721. The Morgan fingerprint density at radius 3 is 2.70 bits per heavy atom. The first-order valence-electron chi connectivity index (χ1n) is 3.19. The van der Waals surface area contributed by atoms with Gasteiger partial charge in [0, 0.05) is 26.1 Å². The molecular formula is C6H13ClN2O. The normalized spacial score (nSPS) is 26.0. The molecule has 0 saturated carbocycles. The first kappa shape index (κ1) is 9.72. The predicted molar refractivity (Wildman–Crippen MR) is 42.1 cm³/mol. The van der Waals surface area contributed by atoms with Crippen molar-refractivity contribution in [3.63, 3.8) is 0 Å². The fourth-order valence-corrected chi connectivity index (χ4v) is 1.04. The Morgan fingerprint density at radius 1 is 1.70 bits per heavy atom. The molecule has 0 aromatic carbocycles. The Morgan fingerprint density at radius 2 is 2.30 bits per heavy atom. The summed E-state index contributed by atoms with van der Waals surface area (Å²) in [5.74, 6) is 0.219. The van der Waals surface area contributed by atoms with Crippen molar-refractivity contribution in [2.24, 2.45) is 5.73 Å². The summed E-state index contributed by atoms with van der Waals surface area (Å²) < 4.78 is 0. The van der Waals surface area contributed by atoms with Crippen LogP contribution in [0.1, 0.15) is 12.8 Å². The molecule has 2 N–H and O–H groups in total. The Bertz CT molecular complexity index is 129. The number of hydrogen-bond acceptors (Lipinski definition) is 2. The van der Waals surface area contributed by atoms with E-state index in [0.717, 1.165) is 13.0 Å². The maximum absolute atomic E-state index is 10.8. The lowest BCUT2D eigenvalue weighted by molar-refractivity contribution is -0.132. The van der Waals surface area contributed by atoms with Crippen molar-refractivity contribution in [1.29, 1.82) is 0 Å². The molecule has 0 radical (unpaired) electrons. The number of halogens is 1. The van der Waals surface area contributed by atoms with Crippen LogP contribution in [0.3, 0.4) is 0 Å². The van der Waals surface area contributed by atoms with Gasteiger partial charge in [-0.3, -0.25) is 4.79 Å². The molecule has 1 aliphatic rings. The summed E-state index contributed by atoms with van der Waals surface area (Å²) in [6.07, 6.45) is 1.47. The molecular weight excluding hydrogens is 152 g/mol. The molecule has 4 heteroatoms. The van der Waals surface area contributed by atoms with Crippen LogP contribution in [-0.2, 0) is 4.79 Å². The third kappa shape index (κ3) is 2.15. The highest BCUT2D eigenvalue weighted by Gasteiger charge is 2.18. The molecule has 1 aliphatic heterocycles. The number of amides is 1. The lowest BCUT2D eigenvalue weighted by atomic mass is 10.1. The van der Waals surface area contributed by atoms with E-state index in [4.69, 9.17) is 5.73 Å². The van der Waals surface area contributed by atoms with Crippen molar-refractivity contribution in [3.8, 4) is 0 Å². The molecule has 1 heterocycles. The van der Waals surface area contributed by atoms with Gasteiger partial charge in [-0.05, 0) is 6.42 Å². The van der Waals surface area contributed by atoms with E-state index in [0.29, 0.717) is 6.42 Å². The molecule has 0 spiro atoms. The lowest BCUT2D eigenvalue weighted by Gasteiger charge is -2.26. The van der Waals surface area contributed by atoms with Crippen molar-refractivity contribution < 1.29 is 4.79 Å². The highest BCUT2D eigenvalue weighted by Crippen LogP contribution is 2.06. The Kier molecular flexibility index (Phi) is 3.68. The van der Waals surface area contributed by atoms with Gasteiger partial charge < -0.3 is 10.6 Å². The van der Waals surface area contributed by atoms with Crippen LogP contribution in [0.4, 0.5) is 0 Å². The minimum Gasteiger partial charge on any atom is -0.344 e. The number of rotatable bonds is 0. The van der Waals surface area contributed by atoms with Crippen LogP contribution in [0.15, 0.2) is 0 Å². The lowest BCUT2D eigenvalue weighted by Crippen LogP contribution is -2.43. The van der Waals surface area contributed by atoms with Crippen molar-refractivity contribution >= 4 is 18.3 Å². The van der Waals surface area contributed by atoms with Crippen LogP contribution in [0, 0.1) is 0 Å². The first-order chi connectivity index (χ1) is 4.20. The molecule has 1 rings (SSSR count). The summed E-state index contributed by atoms with van der Waals surface area (Å²) in [6, 6.07) is 0.202. The highest BCUT2D eigenvalue weighted by molar-refractivity contribution is 5.85. The number of hydrogen-bond donors (Lipinski definition) is 1. The molecule has 1 fully saturated rings. The fourth-order valence-electron chi connectivity index (χ4n) is 1.04. The zero-order chi connectivity index (χ0) is 6.85. The van der Waals surface area contributed by atoms with Crippen LogP contribution >= 0.6 is 12.4 Å². The number of carbonyl (C=O) groups is 1. The third-order valence-electron chi connectivity index (χ3n) is 1.66. The second kappa shape index (κ2) is 3.78. The van der Waals surface area contributed by atoms with Crippen molar-refractivity contribution in [2.75, 3.05) is 13.6 Å². The number of carbonyl (C=O) groups excluding carboxylic acids is 1. The molecule has 1 atom stereocenters. The zero-order valence-corrected chi connectivity index (χ0v) is 6.86. The maximum atomic E-state index is 10.8. The van der Waals surface area contributed by atoms with E-state index in [2.05, 4.69) is 0 Å². The van der Waals surface area contributed by atoms with Gasteiger partial charge in [-0.2, -0.15) is 0 Å². The number of nitrogens with two attached hydrogens (primary N) is 1. The van der Waals surface area contributed by atoms with Crippen molar-refractivity contribution in [2.45, 2.75) is 18.9 Å². The van der Waals surface area contributed by atoms with E-state index in [1.807, 2.05) is 0 Å². The fraction of sp³-hybridized carbons (Fsp3) is 0.833. The van der Waals surface area contributed by atoms with Crippen LogP contribution in [0.5, 0.6) is 0 Å². The first-order valence-corrected chi connectivity index (χ1v) is 3.19. The molecule has 0 aliphatic carbocycles. The van der Waals surface area contributed by atoms with E-state index < -0.39 is 0 Å². The molecule has 0 aromatic rings. The van der Waals surface area contributed by atoms with Gasteiger partial charge in [-0.1, -0.05) is 0 Å². The minimum absolute atomic E-state index is 0. The van der Waals surface area contributed by atoms with Gasteiger partial charge in [0.2, 0.25) is 5.91 Å². The van der Waals surface area contributed by atoms with Gasteiger partial charge in [-0.25, -0.2) is 0 Å². The summed E-state index contributed by atoms with van der Waals surface area (Å²) in [5, 5.41) is 0. The van der Waals surface area contributed by atoms with Gasteiger partial charge in [0.25, 0.3) is 0 Å². The molecule has 0 aromatic heterocycles. The van der Waals surface area contributed by atoms with Crippen LogP contribution < -0.4 is 5.73 Å². The number of nitrogens with zero attached hydrogens (tertiary/aromatic N) is 1. The topological polar surface area (TPSA) is 46.3 Å². The SMILES string of the molecule is CN1CC(N)CCC1=O.Cl. The Balaban J connectivity index is 0.000000810. The largest absolute Gasteiger partial charge is 0.344 e. The van der Waals surface area contributed by atoms with E-state index in [1.165, 1.54) is 0 Å². The third-order valence-corrected chi connectivity index (χ3v) is 1.66. The van der Waals surface area contributed by atoms with Crippen LogP contribution in [0.2, 0.25) is 0 Å². The standard InChI is InChI=1S/C6H12N2O.ClH/c1-8-4-5(7)2-3-6(8)9;/h5H,2-4,7H2,1H3;1H. The summed E-state index contributed by atoms with van der Waals surface area (Å²) in [7, 11) is 1.79. The molecule has 3 nitrogen and oxygen atoms in total. The number of piperidine rings is 1. The molecule has 60 valence electrons. The van der Waals surface area contributed by atoms with Crippen molar-refractivity contribution in [1.82, 2.24) is 4.90 Å². The number of likely N-dealkylation sites (N-methyl/N-ethyl adjacent to an activating group) is 1. The van der Waals surface area contributed by atoms with E-state index in [9.17, 15) is 4.79 Å². The molecule has 1 amide bonds. The highest BCUT2D eigenvalue weighted by atomic mass is 35.5. The summed E-state index contributed by atoms with van der Waals surface area (Å²) >= 11 is 0. The second-order valence-electron chi connectivity index (χ2n) is 2.57. The minimum atomic E-state index is 0.